The van der Waals surface area contributed by atoms with E-state index in [9.17, 15) is 4.79 Å². The summed E-state index contributed by atoms with van der Waals surface area (Å²) >= 11 is 0. The van der Waals surface area contributed by atoms with Gasteiger partial charge in [0, 0.05) is 11.3 Å². The van der Waals surface area contributed by atoms with Crippen molar-refractivity contribution in [2.75, 3.05) is 7.11 Å². The lowest BCUT2D eigenvalue weighted by molar-refractivity contribution is -0.131. The Hall–Kier alpha value is -3.42. The molecule has 3 aromatic rings. The van der Waals surface area contributed by atoms with Crippen molar-refractivity contribution in [3.63, 3.8) is 0 Å². The summed E-state index contributed by atoms with van der Waals surface area (Å²) in [7, 11) is 1.61. The van der Waals surface area contributed by atoms with Gasteiger partial charge in [-0.3, -0.25) is 4.79 Å². The third-order valence-corrected chi connectivity index (χ3v) is 4.87. The molecule has 8 heteroatoms. The summed E-state index contributed by atoms with van der Waals surface area (Å²) in [5.41, 5.74) is 1.82. The van der Waals surface area contributed by atoms with Crippen LogP contribution in [0.1, 0.15) is 31.4 Å². The molecule has 0 spiro atoms. The quantitative estimate of drug-likeness (QED) is 0.611. The number of hydrogen-bond donors (Lipinski definition) is 0. The Morgan fingerprint density at radius 2 is 2.21 bits per heavy atom. The molecule has 0 saturated heterocycles. The molecule has 0 N–H and O–H groups in total. The number of hydrogen-bond acceptors (Lipinski definition) is 6. The van der Waals surface area contributed by atoms with E-state index in [1.165, 1.54) is 4.80 Å². The van der Waals surface area contributed by atoms with E-state index in [0.717, 1.165) is 42.7 Å². The van der Waals surface area contributed by atoms with Crippen molar-refractivity contribution in [3.05, 3.63) is 60.2 Å². The molecule has 0 saturated carbocycles. The molecule has 0 unspecified atom stereocenters. The Morgan fingerprint density at radius 1 is 1.28 bits per heavy atom. The summed E-state index contributed by atoms with van der Waals surface area (Å²) in [6.07, 6.45) is 7.86. The Bertz CT molecular complexity index is 993. The van der Waals surface area contributed by atoms with Crippen molar-refractivity contribution in [2.24, 2.45) is 0 Å². The highest BCUT2D eigenvalue weighted by Gasteiger charge is 2.22. The number of aromatic nitrogens is 4. The number of tetrazole rings is 1. The second-order valence-corrected chi connectivity index (χ2v) is 6.88. The van der Waals surface area contributed by atoms with Gasteiger partial charge in [-0.1, -0.05) is 18.2 Å². The van der Waals surface area contributed by atoms with Crippen molar-refractivity contribution in [1.29, 1.82) is 0 Å². The first kappa shape index (κ1) is 18.9. The summed E-state index contributed by atoms with van der Waals surface area (Å²) in [6, 6.07) is 11.1. The number of ether oxygens (including phenoxy) is 1. The van der Waals surface area contributed by atoms with Crippen LogP contribution in [-0.2, 0) is 17.9 Å². The van der Waals surface area contributed by atoms with Crippen LogP contribution in [0.5, 0.6) is 5.75 Å². The van der Waals surface area contributed by atoms with Crippen LogP contribution in [0.4, 0.5) is 0 Å². The van der Waals surface area contributed by atoms with Gasteiger partial charge in [-0.2, -0.15) is 4.80 Å². The summed E-state index contributed by atoms with van der Waals surface area (Å²) < 4.78 is 10.7. The van der Waals surface area contributed by atoms with Crippen LogP contribution < -0.4 is 4.74 Å². The van der Waals surface area contributed by atoms with Crippen molar-refractivity contribution < 1.29 is 13.9 Å². The molecule has 0 aliphatic heterocycles. The third-order valence-electron chi connectivity index (χ3n) is 4.87. The zero-order valence-electron chi connectivity index (χ0n) is 16.3. The molecule has 0 radical (unpaired) electrons. The molecular formula is C21H23N5O3. The van der Waals surface area contributed by atoms with Gasteiger partial charge >= 0.3 is 0 Å². The van der Waals surface area contributed by atoms with Gasteiger partial charge in [-0.15, -0.1) is 10.2 Å². The highest BCUT2D eigenvalue weighted by molar-refractivity contribution is 5.77. The zero-order valence-corrected chi connectivity index (χ0v) is 16.3. The SMILES string of the molecule is COc1cccc(-c2nnn(CC(=O)N(Cc3ccco3)C3=CCCCC3)n2)c1. The number of nitrogens with zero attached hydrogens (tertiary/aromatic N) is 5. The van der Waals surface area contributed by atoms with Gasteiger partial charge in [0.2, 0.25) is 5.82 Å². The molecule has 0 bridgehead atoms. The molecule has 2 heterocycles. The van der Waals surface area contributed by atoms with Crippen LogP contribution in [0.25, 0.3) is 11.4 Å². The van der Waals surface area contributed by atoms with Gasteiger partial charge in [-0.05, 0) is 55.2 Å². The van der Waals surface area contributed by atoms with Gasteiger partial charge in [0.15, 0.2) is 0 Å². The minimum Gasteiger partial charge on any atom is -0.497 e. The molecule has 1 aliphatic carbocycles. The molecule has 1 amide bonds. The van der Waals surface area contributed by atoms with Gasteiger partial charge in [0.25, 0.3) is 5.91 Å². The number of benzene rings is 1. The lowest BCUT2D eigenvalue weighted by Gasteiger charge is -2.26. The van der Waals surface area contributed by atoms with E-state index in [-0.39, 0.29) is 12.5 Å². The summed E-state index contributed by atoms with van der Waals surface area (Å²) in [5, 5.41) is 12.5. The van der Waals surface area contributed by atoms with Crippen molar-refractivity contribution >= 4 is 5.91 Å². The largest absolute Gasteiger partial charge is 0.497 e. The van der Waals surface area contributed by atoms with Crippen molar-refractivity contribution in [3.8, 4) is 17.1 Å². The first-order chi connectivity index (χ1) is 14.2. The number of allylic oxidation sites excluding steroid dienone is 2. The third kappa shape index (κ3) is 4.53. The monoisotopic (exact) mass is 393 g/mol. The number of rotatable bonds is 7. The van der Waals surface area contributed by atoms with Crippen LogP contribution in [0.15, 0.2) is 58.9 Å². The fraction of sp³-hybridized carbons (Fsp3) is 0.333. The number of carbonyl (C=O) groups excluding carboxylic acids is 1. The van der Waals surface area contributed by atoms with Gasteiger partial charge in [0.1, 0.15) is 18.1 Å². The highest BCUT2D eigenvalue weighted by Crippen LogP contribution is 2.24. The van der Waals surface area contributed by atoms with Crippen molar-refractivity contribution in [2.45, 2.75) is 38.8 Å². The minimum atomic E-state index is -0.0934. The highest BCUT2D eigenvalue weighted by atomic mass is 16.5. The average molecular weight is 393 g/mol. The fourth-order valence-electron chi connectivity index (χ4n) is 3.37. The predicted molar refractivity (Wildman–Crippen MR) is 106 cm³/mol. The maximum absolute atomic E-state index is 13.1. The van der Waals surface area contributed by atoms with E-state index < -0.39 is 0 Å². The van der Waals surface area contributed by atoms with E-state index in [2.05, 4.69) is 21.5 Å². The molecular weight excluding hydrogens is 370 g/mol. The summed E-state index contributed by atoms with van der Waals surface area (Å²) in [5.74, 6) is 1.81. The molecule has 150 valence electrons. The lowest BCUT2D eigenvalue weighted by Crippen LogP contribution is -2.34. The zero-order chi connectivity index (χ0) is 20.1. The van der Waals surface area contributed by atoms with Gasteiger partial charge in [-0.25, -0.2) is 0 Å². The second kappa shape index (κ2) is 8.72. The first-order valence-electron chi connectivity index (χ1n) is 9.67. The number of carbonyl (C=O) groups is 1. The van der Waals surface area contributed by atoms with Gasteiger partial charge < -0.3 is 14.1 Å². The number of furan rings is 1. The lowest BCUT2D eigenvalue weighted by atomic mass is 10.0. The topological polar surface area (TPSA) is 86.3 Å². The van der Waals surface area contributed by atoms with Crippen LogP contribution in [0, 0.1) is 0 Å². The summed E-state index contributed by atoms with van der Waals surface area (Å²) in [4.78, 5) is 16.2. The molecule has 1 aromatic carbocycles. The van der Waals surface area contributed by atoms with E-state index in [1.54, 1.807) is 18.3 Å². The molecule has 2 aromatic heterocycles. The molecule has 1 aliphatic rings. The van der Waals surface area contributed by atoms with Crippen LogP contribution in [-0.4, -0.2) is 38.1 Å². The Labute approximate surface area is 168 Å². The second-order valence-electron chi connectivity index (χ2n) is 6.88. The van der Waals surface area contributed by atoms with E-state index >= 15 is 0 Å². The molecule has 0 fully saturated rings. The normalized spacial score (nSPS) is 13.8. The predicted octanol–water partition coefficient (Wildman–Crippen LogP) is 3.43. The van der Waals surface area contributed by atoms with E-state index in [1.807, 2.05) is 36.4 Å². The minimum absolute atomic E-state index is 0.00895. The van der Waals surface area contributed by atoms with E-state index in [0.29, 0.717) is 18.1 Å². The van der Waals surface area contributed by atoms with Crippen molar-refractivity contribution in [1.82, 2.24) is 25.1 Å². The fourth-order valence-corrected chi connectivity index (χ4v) is 3.37. The van der Waals surface area contributed by atoms with Gasteiger partial charge in [0.05, 0.1) is 19.9 Å². The van der Waals surface area contributed by atoms with Crippen LogP contribution in [0.3, 0.4) is 0 Å². The van der Waals surface area contributed by atoms with Crippen LogP contribution >= 0.6 is 0 Å². The Kier molecular flexibility index (Phi) is 5.69. The average Bonchev–Trinajstić information content (AvgIpc) is 3.45. The number of amides is 1. The smallest absolute Gasteiger partial charge is 0.250 e. The standard InChI is InChI=1S/C21H23N5O3/c1-28-18-10-5-7-16(13-18)21-22-24-26(23-21)15-20(27)25(14-19-11-6-12-29-19)17-8-3-2-4-9-17/h5-8,10-13H,2-4,9,14-15H2,1H3. The number of methoxy groups -OCH3 is 1. The maximum atomic E-state index is 13.1. The van der Waals surface area contributed by atoms with E-state index in [4.69, 9.17) is 9.15 Å². The Balaban J connectivity index is 1.51. The molecule has 8 nitrogen and oxygen atoms in total. The van der Waals surface area contributed by atoms with Crippen LogP contribution in [0.2, 0.25) is 0 Å². The first-order valence-corrected chi connectivity index (χ1v) is 9.67. The molecule has 0 atom stereocenters. The molecule has 29 heavy (non-hydrogen) atoms. The Morgan fingerprint density at radius 3 is 2.97 bits per heavy atom. The summed E-state index contributed by atoms with van der Waals surface area (Å²) in [6.45, 7) is 0.407. The molecule has 4 rings (SSSR count). The maximum Gasteiger partial charge on any atom is 0.250 e.